The van der Waals surface area contributed by atoms with E-state index in [9.17, 15) is 4.79 Å². The number of carbonyl (C=O) groups is 1. The Morgan fingerprint density at radius 1 is 1.00 bits per heavy atom. The van der Waals surface area contributed by atoms with E-state index in [4.69, 9.17) is 0 Å². The van der Waals surface area contributed by atoms with Crippen LogP contribution in [-0.2, 0) is 4.79 Å². The van der Waals surface area contributed by atoms with Crippen molar-refractivity contribution in [3.05, 3.63) is 0 Å². The van der Waals surface area contributed by atoms with Gasteiger partial charge in [-0.05, 0) is 25.8 Å². The van der Waals surface area contributed by atoms with E-state index < -0.39 is 0 Å². The minimum Gasteiger partial charge on any atom is -0.299 e. The molecule has 3 heterocycles. The molecule has 0 spiro atoms. The van der Waals surface area contributed by atoms with E-state index in [2.05, 4.69) is 9.80 Å². The topological polar surface area (TPSA) is 23.6 Å². The molecule has 3 aliphatic rings. The summed E-state index contributed by atoms with van der Waals surface area (Å²) in [6, 6.07) is 1.48. The van der Waals surface area contributed by atoms with Crippen molar-refractivity contribution >= 4 is 5.78 Å². The van der Waals surface area contributed by atoms with Gasteiger partial charge in [-0.3, -0.25) is 14.6 Å². The molecule has 0 aromatic carbocycles. The van der Waals surface area contributed by atoms with Crippen LogP contribution < -0.4 is 0 Å². The molecule has 3 fully saturated rings. The Bertz CT molecular complexity index is 254. The Labute approximate surface area is 85.1 Å². The van der Waals surface area contributed by atoms with E-state index in [0.29, 0.717) is 11.8 Å². The van der Waals surface area contributed by atoms with E-state index in [0.717, 1.165) is 25.6 Å². The lowest BCUT2D eigenvalue weighted by atomic mass is 10.1. The molecular formula is C11H18N2O. The van der Waals surface area contributed by atoms with Crippen LogP contribution in [0.5, 0.6) is 0 Å². The van der Waals surface area contributed by atoms with Gasteiger partial charge in [-0.25, -0.2) is 0 Å². The Morgan fingerprint density at radius 2 is 1.86 bits per heavy atom. The predicted octanol–water partition coefficient (Wildman–Crippen LogP) is 0.498. The summed E-state index contributed by atoms with van der Waals surface area (Å²) < 4.78 is 0. The minimum atomic E-state index is 0.446. The molecule has 0 radical (unpaired) electrons. The maximum atomic E-state index is 11.2. The number of fused-ring (bicyclic) bond motifs is 1. The third kappa shape index (κ3) is 1.30. The third-order valence-corrected chi connectivity index (χ3v) is 4.10. The minimum absolute atomic E-state index is 0.446. The first-order valence-corrected chi connectivity index (χ1v) is 5.84. The molecule has 2 atom stereocenters. The molecule has 14 heavy (non-hydrogen) atoms. The number of hydrogen-bond donors (Lipinski definition) is 0. The average Bonchev–Trinajstić information content (AvgIpc) is 2.77. The third-order valence-electron chi connectivity index (χ3n) is 4.10. The van der Waals surface area contributed by atoms with Crippen LogP contribution in [0.3, 0.4) is 0 Å². The molecule has 0 saturated carbocycles. The number of carbonyl (C=O) groups excluding carboxylic acids is 1. The number of nitrogens with zero attached hydrogens (tertiary/aromatic N) is 2. The fourth-order valence-electron chi connectivity index (χ4n) is 3.42. The summed E-state index contributed by atoms with van der Waals surface area (Å²) in [5, 5.41) is 0. The zero-order valence-corrected chi connectivity index (χ0v) is 8.61. The lowest BCUT2D eigenvalue weighted by molar-refractivity contribution is -0.117. The lowest BCUT2D eigenvalue weighted by Crippen LogP contribution is -2.41. The molecule has 0 aromatic heterocycles. The van der Waals surface area contributed by atoms with Crippen molar-refractivity contribution in [3.63, 3.8) is 0 Å². The van der Waals surface area contributed by atoms with Crippen LogP contribution in [-0.4, -0.2) is 53.8 Å². The van der Waals surface area contributed by atoms with Crippen molar-refractivity contribution in [1.29, 1.82) is 0 Å². The second-order valence-electron chi connectivity index (χ2n) is 4.86. The van der Waals surface area contributed by atoms with E-state index in [1.165, 1.54) is 32.4 Å². The lowest BCUT2D eigenvalue weighted by Gasteiger charge is -2.28. The number of ketones is 1. The first kappa shape index (κ1) is 8.86. The highest BCUT2D eigenvalue weighted by Crippen LogP contribution is 2.32. The Hall–Kier alpha value is -0.410. The number of rotatable bonds is 1. The fraction of sp³-hybridized carbons (Fsp3) is 0.909. The van der Waals surface area contributed by atoms with E-state index >= 15 is 0 Å². The zero-order valence-electron chi connectivity index (χ0n) is 8.61. The molecule has 0 N–H and O–H groups in total. The standard InChI is InChI=1S/C11H18N2O/c14-9-3-6-13(8-9)11-4-7-12-5-1-2-10(11)12/h10-11H,1-8H2. The summed E-state index contributed by atoms with van der Waals surface area (Å²) in [4.78, 5) is 16.3. The van der Waals surface area contributed by atoms with Crippen molar-refractivity contribution in [1.82, 2.24) is 9.80 Å². The van der Waals surface area contributed by atoms with Crippen LogP contribution >= 0.6 is 0 Å². The maximum Gasteiger partial charge on any atom is 0.148 e. The van der Waals surface area contributed by atoms with Gasteiger partial charge in [-0.1, -0.05) is 0 Å². The Balaban J connectivity index is 1.70. The second-order valence-corrected chi connectivity index (χ2v) is 4.86. The predicted molar refractivity (Wildman–Crippen MR) is 54.2 cm³/mol. The molecule has 78 valence electrons. The maximum absolute atomic E-state index is 11.2. The van der Waals surface area contributed by atoms with Gasteiger partial charge in [0, 0.05) is 31.6 Å². The van der Waals surface area contributed by atoms with E-state index in [1.54, 1.807) is 0 Å². The highest BCUT2D eigenvalue weighted by Gasteiger charge is 2.41. The van der Waals surface area contributed by atoms with E-state index in [1.807, 2.05) is 0 Å². The van der Waals surface area contributed by atoms with Crippen LogP contribution in [0.1, 0.15) is 25.7 Å². The first-order chi connectivity index (χ1) is 6.84. The summed E-state index contributed by atoms with van der Waals surface area (Å²) >= 11 is 0. The fourth-order valence-corrected chi connectivity index (χ4v) is 3.42. The van der Waals surface area contributed by atoms with Crippen molar-refractivity contribution in [2.75, 3.05) is 26.2 Å². The van der Waals surface area contributed by atoms with Crippen LogP contribution in [0.25, 0.3) is 0 Å². The smallest absolute Gasteiger partial charge is 0.148 e. The summed E-state index contributed by atoms with van der Waals surface area (Å²) in [5.41, 5.74) is 0. The van der Waals surface area contributed by atoms with Gasteiger partial charge in [-0.2, -0.15) is 0 Å². The van der Waals surface area contributed by atoms with Gasteiger partial charge in [0.25, 0.3) is 0 Å². The van der Waals surface area contributed by atoms with Gasteiger partial charge in [-0.15, -0.1) is 0 Å². The zero-order chi connectivity index (χ0) is 9.54. The number of hydrogen-bond acceptors (Lipinski definition) is 3. The van der Waals surface area contributed by atoms with Crippen molar-refractivity contribution in [2.24, 2.45) is 0 Å². The molecule has 3 heteroatoms. The van der Waals surface area contributed by atoms with Crippen molar-refractivity contribution in [2.45, 2.75) is 37.8 Å². The molecule has 2 unspecified atom stereocenters. The second kappa shape index (κ2) is 3.31. The van der Waals surface area contributed by atoms with Gasteiger partial charge in [0.05, 0.1) is 6.54 Å². The molecule has 0 bridgehead atoms. The normalized spacial score (nSPS) is 39.6. The van der Waals surface area contributed by atoms with Gasteiger partial charge in [0.15, 0.2) is 0 Å². The van der Waals surface area contributed by atoms with E-state index in [-0.39, 0.29) is 0 Å². The highest BCUT2D eigenvalue weighted by molar-refractivity contribution is 5.82. The monoisotopic (exact) mass is 194 g/mol. The molecule has 3 rings (SSSR count). The number of likely N-dealkylation sites (tertiary alicyclic amines) is 1. The largest absolute Gasteiger partial charge is 0.299 e. The number of Topliss-reactive ketones (excluding diaryl/α,β-unsaturated/α-hetero) is 1. The molecule has 0 aliphatic carbocycles. The van der Waals surface area contributed by atoms with Gasteiger partial charge in [0.1, 0.15) is 5.78 Å². The molecule has 3 saturated heterocycles. The Morgan fingerprint density at radius 3 is 2.64 bits per heavy atom. The van der Waals surface area contributed by atoms with Crippen LogP contribution in [0.15, 0.2) is 0 Å². The van der Waals surface area contributed by atoms with Crippen LogP contribution in [0.4, 0.5) is 0 Å². The summed E-state index contributed by atoms with van der Waals surface area (Å²) in [7, 11) is 0. The van der Waals surface area contributed by atoms with Gasteiger partial charge < -0.3 is 0 Å². The Kier molecular flexibility index (Phi) is 2.10. The van der Waals surface area contributed by atoms with Crippen molar-refractivity contribution in [3.8, 4) is 0 Å². The highest BCUT2D eigenvalue weighted by atomic mass is 16.1. The summed E-state index contributed by atoms with van der Waals surface area (Å²) in [5.74, 6) is 0.446. The molecule has 0 aromatic rings. The summed E-state index contributed by atoms with van der Waals surface area (Å²) in [6.07, 6.45) is 4.81. The average molecular weight is 194 g/mol. The van der Waals surface area contributed by atoms with Gasteiger partial charge in [0.2, 0.25) is 0 Å². The SMILES string of the molecule is O=C1CCN(C2CCN3CCCC23)C1. The molecule has 3 aliphatic heterocycles. The van der Waals surface area contributed by atoms with Gasteiger partial charge >= 0.3 is 0 Å². The van der Waals surface area contributed by atoms with Crippen LogP contribution in [0, 0.1) is 0 Å². The van der Waals surface area contributed by atoms with Crippen LogP contribution in [0.2, 0.25) is 0 Å². The van der Waals surface area contributed by atoms with Crippen molar-refractivity contribution < 1.29 is 4.79 Å². The molecule has 3 nitrogen and oxygen atoms in total. The summed E-state index contributed by atoms with van der Waals surface area (Å²) in [6.45, 7) is 4.31. The quantitative estimate of drug-likeness (QED) is 0.607. The molecule has 0 amide bonds. The molecular weight excluding hydrogens is 176 g/mol. The first-order valence-electron chi connectivity index (χ1n) is 5.84.